The van der Waals surface area contributed by atoms with E-state index < -0.39 is 5.54 Å². The number of nitrogens with zero attached hydrogens (tertiary/aromatic N) is 2. The molecule has 2 aromatic rings. The Morgan fingerprint density at radius 3 is 2.40 bits per heavy atom. The number of benzene rings is 2. The quantitative estimate of drug-likeness (QED) is 0.759. The van der Waals surface area contributed by atoms with Gasteiger partial charge in [-0.2, -0.15) is 0 Å². The summed E-state index contributed by atoms with van der Waals surface area (Å²) < 4.78 is 10.8. The van der Waals surface area contributed by atoms with Crippen LogP contribution in [0.4, 0.5) is 11.4 Å². The molecule has 7 nitrogen and oxygen atoms in total. The number of methoxy groups -OCH3 is 2. The molecule has 2 heterocycles. The standard InChI is InChI=1S/C23H25N3O4/c1-23(13-27)21(28)20(19-9-14-7-5-6-8-18(14)25-19)22(24-2)26(23)15-10-16(29-3)12-17(11-15)30-4/h5-8,10-12,25,27H,9,13H2,1-4H3. The van der Waals surface area contributed by atoms with Crippen molar-refractivity contribution in [2.45, 2.75) is 18.9 Å². The molecule has 4 rings (SSSR count). The smallest absolute Gasteiger partial charge is 0.196 e. The Kier molecular flexibility index (Phi) is 4.99. The maximum Gasteiger partial charge on any atom is 0.196 e. The van der Waals surface area contributed by atoms with Gasteiger partial charge >= 0.3 is 0 Å². The number of anilines is 2. The molecule has 2 aromatic carbocycles. The van der Waals surface area contributed by atoms with Crippen LogP contribution in [0.2, 0.25) is 0 Å². The fraction of sp³-hybridized carbons (Fsp3) is 0.304. The van der Waals surface area contributed by atoms with Gasteiger partial charge in [-0.1, -0.05) is 18.2 Å². The number of carbonyl (C=O) groups excluding carboxylic acids is 1. The summed E-state index contributed by atoms with van der Waals surface area (Å²) in [6.45, 7) is 1.36. The summed E-state index contributed by atoms with van der Waals surface area (Å²) in [6.07, 6.45) is 0.604. The fourth-order valence-electron chi connectivity index (χ4n) is 4.12. The van der Waals surface area contributed by atoms with Crippen LogP contribution in [-0.2, 0) is 11.2 Å². The van der Waals surface area contributed by atoms with Crippen LogP contribution in [0.25, 0.3) is 0 Å². The molecule has 1 fully saturated rings. The van der Waals surface area contributed by atoms with Crippen LogP contribution in [0, 0.1) is 0 Å². The zero-order valence-corrected chi connectivity index (χ0v) is 17.5. The van der Waals surface area contributed by atoms with E-state index in [-0.39, 0.29) is 12.4 Å². The SMILES string of the molecule is CN=C1C(=C2Cc3ccccc3N2)C(=O)C(C)(CO)N1c1cc(OC)cc(OC)c1. The third-order valence-corrected chi connectivity index (χ3v) is 5.73. The summed E-state index contributed by atoms with van der Waals surface area (Å²) in [7, 11) is 4.79. The summed E-state index contributed by atoms with van der Waals surface area (Å²) in [5, 5.41) is 13.7. The van der Waals surface area contributed by atoms with E-state index in [1.807, 2.05) is 24.3 Å². The number of Topliss-reactive ketones (excluding diaryl/α,β-unsaturated/α-hetero) is 1. The number of carbonyl (C=O) groups is 1. The number of rotatable bonds is 4. The topological polar surface area (TPSA) is 83.4 Å². The third kappa shape index (κ3) is 2.93. The van der Waals surface area contributed by atoms with E-state index in [2.05, 4.69) is 10.3 Å². The number of fused-ring (bicyclic) bond motifs is 1. The van der Waals surface area contributed by atoms with Crippen molar-refractivity contribution in [1.82, 2.24) is 0 Å². The van der Waals surface area contributed by atoms with Crippen molar-refractivity contribution in [3.05, 3.63) is 59.3 Å². The second kappa shape index (κ2) is 7.50. The second-order valence-electron chi connectivity index (χ2n) is 7.53. The molecule has 30 heavy (non-hydrogen) atoms. The number of para-hydroxylation sites is 1. The van der Waals surface area contributed by atoms with Crippen LogP contribution in [0.1, 0.15) is 12.5 Å². The predicted octanol–water partition coefficient (Wildman–Crippen LogP) is 2.79. The molecule has 0 saturated carbocycles. The Morgan fingerprint density at radius 2 is 1.83 bits per heavy atom. The molecular weight excluding hydrogens is 382 g/mol. The summed E-state index contributed by atoms with van der Waals surface area (Å²) in [5.41, 5.74) is 2.84. The molecule has 0 radical (unpaired) electrons. The van der Waals surface area contributed by atoms with Crippen molar-refractivity contribution in [2.24, 2.45) is 4.99 Å². The molecule has 0 spiro atoms. The highest BCUT2D eigenvalue weighted by Gasteiger charge is 2.53. The molecule has 2 aliphatic heterocycles. The summed E-state index contributed by atoms with van der Waals surface area (Å²) >= 11 is 0. The van der Waals surface area contributed by atoms with Crippen molar-refractivity contribution in [3.63, 3.8) is 0 Å². The van der Waals surface area contributed by atoms with E-state index in [0.717, 1.165) is 16.9 Å². The highest BCUT2D eigenvalue weighted by atomic mass is 16.5. The number of ether oxygens (including phenoxy) is 2. The lowest BCUT2D eigenvalue weighted by atomic mass is 9.94. The van der Waals surface area contributed by atoms with Crippen LogP contribution in [-0.4, -0.2) is 50.1 Å². The highest BCUT2D eigenvalue weighted by molar-refractivity contribution is 6.37. The molecule has 1 atom stereocenters. The number of ketones is 1. The fourth-order valence-corrected chi connectivity index (χ4v) is 4.12. The van der Waals surface area contributed by atoms with Crippen molar-refractivity contribution in [3.8, 4) is 11.5 Å². The zero-order valence-electron chi connectivity index (χ0n) is 17.5. The van der Waals surface area contributed by atoms with E-state index in [1.54, 1.807) is 51.3 Å². The molecular formula is C23H25N3O4. The van der Waals surface area contributed by atoms with Crippen molar-refractivity contribution < 1.29 is 19.4 Å². The van der Waals surface area contributed by atoms with Gasteiger partial charge in [0.25, 0.3) is 0 Å². The lowest BCUT2D eigenvalue weighted by molar-refractivity contribution is -0.119. The summed E-state index contributed by atoms with van der Waals surface area (Å²) in [5.74, 6) is 1.49. The summed E-state index contributed by atoms with van der Waals surface area (Å²) in [6, 6.07) is 13.3. The Balaban J connectivity index is 1.89. The number of aliphatic hydroxyl groups is 1. The van der Waals surface area contributed by atoms with Gasteiger partial charge in [0.05, 0.1) is 32.1 Å². The molecule has 0 bridgehead atoms. The average Bonchev–Trinajstić information content (AvgIpc) is 3.30. The molecule has 2 aliphatic rings. The Bertz CT molecular complexity index is 1030. The van der Waals surface area contributed by atoms with Gasteiger partial charge in [0.2, 0.25) is 0 Å². The van der Waals surface area contributed by atoms with Gasteiger partial charge in [-0.3, -0.25) is 9.79 Å². The monoisotopic (exact) mass is 407 g/mol. The lowest BCUT2D eigenvalue weighted by Gasteiger charge is -2.33. The highest BCUT2D eigenvalue weighted by Crippen LogP contribution is 2.42. The maximum atomic E-state index is 13.6. The van der Waals surface area contributed by atoms with Crippen molar-refractivity contribution >= 4 is 23.0 Å². The van der Waals surface area contributed by atoms with Crippen LogP contribution in [0.5, 0.6) is 11.5 Å². The largest absolute Gasteiger partial charge is 0.497 e. The number of hydrogen-bond acceptors (Lipinski definition) is 6. The first-order valence-electron chi connectivity index (χ1n) is 9.71. The molecule has 1 saturated heterocycles. The first kappa shape index (κ1) is 20.0. The number of aliphatic hydroxyl groups excluding tert-OH is 1. The van der Waals surface area contributed by atoms with Crippen LogP contribution in [0.15, 0.2) is 58.7 Å². The van der Waals surface area contributed by atoms with Crippen LogP contribution < -0.4 is 19.7 Å². The first-order chi connectivity index (χ1) is 14.5. The van der Waals surface area contributed by atoms with Gasteiger partial charge in [0, 0.05) is 43.1 Å². The van der Waals surface area contributed by atoms with Crippen molar-refractivity contribution in [1.29, 1.82) is 0 Å². The molecule has 7 heteroatoms. The Labute approximate surface area is 175 Å². The number of amidine groups is 1. The van der Waals surface area contributed by atoms with E-state index in [4.69, 9.17) is 9.47 Å². The number of aliphatic imine (C=N–C) groups is 1. The van der Waals surface area contributed by atoms with Gasteiger partial charge < -0.3 is 24.8 Å². The first-order valence-corrected chi connectivity index (χ1v) is 9.71. The molecule has 0 aliphatic carbocycles. The predicted molar refractivity (Wildman–Crippen MR) is 117 cm³/mol. The molecule has 2 N–H and O–H groups in total. The van der Waals surface area contributed by atoms with Crippen molar-refractivity contribution in [2.75, 3.05) is 38.1 Å². The Morgan fingerprint density at radius 1 is 1.17 bits per heavy atom. The average molecular weight is 407 g/mol. The van der Waals surface area contributed by atoms with E-state index >= 15 is 0 Å². The minimum absolute atomic E-state index is 0.178. The number of allylic oxidation sites excluding steroid dienone is 1. The lowest BCUT2D eigenvalue weighted by Crippen LogP contribution is -2.50. The van der Waals surface area contributed by atoms with Gasteiger partial charge in [0.15, 0.2) is 5.78 Å². The third-order valence-electron chi connectivity index (χ3n) is 5.73. The maximum absolute atomic E-state index is 13.6. The molecule has 0 amide bonds. The molecule has 156 valence electrons. The van der Waals surface area contributed by atoms with E-state index in [9.17, 15) is 9.90 Å². The van der Waals surface area contributed by atoms with Crippen LogP contribution in [0.3, 0.4) is 0 Å². The minimum atomic E-state index is -1.20. The van der Waals surface area contributed by atoms with Gasteiger partial charge in [-0.05, 0) is 18.6 Å². The normalized spacial score (nSPS) is 24.2. The van der Waals surface area contributed by atoms with Crippen LogP contribution >= 0.6 is 0 Å². The second-order valence-corrected chi connectivity index (χ2v) is 7.53. The van der Waals surface area contributed by atoms with Gasteiger partial charge in [0.1, 0.15) is 22.9 Å². The van der Waals surface area contributed by atoms with E-state index in [0.29, 0.717) is 35.0 Å². The zero-order chi connectivity index (χ0) is 21.5. The molecule has 1 unspecified atom stereocenters. The minimum Gasteiger partial charge on any atom is -0.497 e. The summed E-state index contributed by atoms with van der Waals surface area (Å²) in [4.78, 5) is 19.9. The Hall–Kier alpha value is -3.32. The number of nitrogens with one attached hydrogen (secondary N) is 1. The van der Waals surface area contributed by atoms with E-state index in [1.165, 1.54) is 0 Å². The van der Waals surface area contributed by atoms with Gasteiger partial charge in [-0.25, -0.2) is 0 Å². The molecule has 0 aromatic heterocycles. The van der Waals surface area contributed by atoms with Gasteiger partial charge in [-0.15, -0.1) is 0 Å². The number of hydrogen-bond donors (Lipinski definition) is 2.